The van der Waals surface area contributed by atoms with Crippen molar-refractivity contribution in [2.75, 3.05) is 53.9 Å². The highest BCUT2D eigenvalue weighted by atomic mass is 16.7. The smallest absolute Gasteiger partial charge is 0.407 e. The number of aliphatic hydroxyl groups is 1. The summed E-state index contributed by atoms with van der Waals surface area (Å²) >= 11 is 0. The average molecular weight is 531 g/mol. The summed E-state index contributed by atoms with van der Waals surface area (Å²) < 4.78 is 33.4. The molecule has 2 aromatic rings. The first-order chi connectivity index (χ1) is 18.5. The van der Waals surface area contributed by atoms with Crippen LogP contribution in [0.2, 0.25) is 0 Å². The maximum atomic E-state index is 13.1. The van der Waals surface area contributed by atoms with Crippen LogP contribution < -0.4 is 29.6 Å². The standard InChI is InChI=1S/C26H30N2O10/c1-33-19-7-13(8-20(34-2)23(19)30)21-14-9-17-18(37-12-36-17)10-15(14)24(16-11-35-25(31)22(16)21)38-26(32)28-4-3-27-5-6-29/h7-10,16,21-22,24,27,29-30H,3-6,11-12H2,1-2H3,(H,28,32)/t16-,21-,22-,24-/m1/s1. The number of phenols is 1. The molecule has 0 unspecified atom stereocenters. The predicted molar refractivity (Wildman–Crippen MR) is 131 cm³/mol. The average Bonchev–Trinajstić information content (AvgIpc) is 3.54. The molecule has 204 valence electrons. The Bertz CT molecular complexity index is 1190. The highest BCUT2D eigenvalue weighted by Gasteiger charge is 2.54. The van der Waals surface area contributed by atoms with E-state index in [1.807, 2.05) is 0 Å². The number of amides is 1. The highest BCUT2D eigenvalue weighted by molar-refractivity contribution is 5.79. The molecule has 0 bridgehead atoms. The zero-order chi connectivity index (χ0) is 26.8. The fourth-order valence-corrected chi connectivity index (χ4v) is 5.37. The number of nitrogens with one attached hydrogen (secondary N) is 2. The van der Waals surface area contributed by atoms with Crippen LogP contribution in [0.5, 0.6) is 28.7 Å². The third-order valence-corrected chi connectivity index (χ3v) is 7.07. The lowest BCUT2D eigenvalue weighted by Gasteiger charge is -2.38. The van der Waals surface area contributed by atoms with Gasteiger partial charge in [0.05, 0.1) is 33.4 Å². The number of rotatable bonds is 9. The van der Waals surface area contributed by atoms with Crippen LogP contribution >= 0.6 is 0 Å². The van der Waals surface area contributed by atoms with Crippen LogP contribution in [0, 0.1) is 11.8 Å². The van der Waals surface area contributed by atoms with Gasteiger partial charge in [-0.2, -0.15) is 0 Å². The number of hydrogen-bond donors (Lipinski definition) is 4. The fourth-order valence-electron chi connectivity index (χ4n) is 5.37. The van der Waals surface area contributed by atoms with Gasteiger partial charge in [-0.15, -0.1) is 0 Å². The van der Waals surface area contributed by atoms with Crippen molar-refractivity contribution >= 4 is 12.1 Å². The van der Waals surface area contributed by atoms with E-state index in [2.05, 4.69) is 10.6 Å². The molecular formula is C26H30N2O10. The molecule has 0 spiro atoms. The van der Waals surface area contributed by atoms with E-state index in [-0.39, 0.29) is 37.3 Å². The van der Waals surface area contributed by atoms with Crippen molar-refractivity contribution in [1.29, 1.82) is 0 Å². The Morgan fingerprint density at radius 3 is 2.34 bits per heavy atom. The lowest BCUT2D eigenvalue weighted by molar-refractivity contribution is -0.141. The summed E-state index contributed by atoms with van der Waals surface area (Å²) in [5, 5.41) is 25.0. The highest BCUT2D eigenvalue weighted by Crippen LogP contribution is 2.56. The molecule has 5 rings (SSSR count). The Labute approximate surface area is 218 Å². The number of fused-ring (bicyclic) bond motifs is 3. The molecule has 2 aromatic carbocycles. The van der Waals surface area contributed by atoms with Crippen LogP contribution in [-0.2, 0) is 14.3 Å². The normalized spacial score (nSPS) is 22.8. The molecule has 4 atom stereocenters. The molecule has 2 aliphatic heterocycles. The quantitative estimate of drug-likeness (QED) is 0.275. The SMILES string of the molecule is COc1cc([C@@H]2c3cc4c(cc3[C@@H](OC(=O)NCCNCCO)[C@@H]3COC(=O)[C@@H]23)OCO4)cc(OC)c1O. The Morgan fingerprint density at radius 1 is 1.00 bits per heavy atom. The summed E-state index contributed by atoms with van der Waals surface area (Å²) in [6.07, 6.45) is -1.44. The lowest BCUT2D eigenvalue weighted by atomic mass is 9.66. The molecule has 1 saturated heterocycles. The minimum Gasteiger partial charge on any atom is -0.502 e. The van der Waals surface area contributed by atoms with Gasteiger partial charge in [-0.05, 0) is 35.4 Å². The minimum absolute atomic E-state index is 0.00352. The minimum atomic E-state index is -0.793. The van der Waals surface area contributed by atoms with Gasteiger partial charge in [-0.25, -0.2) is 4.79 Å². The van der Waals surface area contributed by atoms with Gasteiger partial charge in [0.15, 0.2) is 23.0 Å². The van der Waals surface area contributed by atoms with E-state index in [0.29, 0.717) is 47.8 Å². The second kappa shape index (κ2) is 10.8. The summed E-state index contributed by atoms with van der Waals surface area (Å²) in [4.78, 5) is 25.9. The third kappa shape index (κ3) is 4.61. The van der Waals surface area contributed by atoms with Crippen LogP contribution in [0.3, 0.4) is 0 Å². The number of ether oxygens (including phenoxy) is 6. The predicted octanol–water partition coefficient (Wildman–Crippen LogP) is 1.42. The van der Waals surface area contributed by atoms with Gasteiger partial charge in [0, 0.05) is 37.0 Å². The maximum absolute atomic E-state index is 13.1. The van der Waals surface area contributed by atoms with Crippen molar-refractivity contribution in [2.45, 2.75) is 12.0 Å². The zero-order valence-corrected chi connectivity index (χ0v) is 21.0. The molecule has 0 saturated carbocycles. The van der Waals surface area contributed by atoms with Crippen LogP contribution in [0.4, 0.5) is 4.79 Å². The van der Waals surface area contributed by atoms with E-state index < -0.39 is 35.9 Å². The molecule has 38 heavy (non-hydrogen) atoms. The van der Waals surface area contributed by atoms with Crippen LogP contribution in [0.25, 0.3) is 0 Å². The third-order valence-electron chi connectivity index (χ3n) is 7.07. The van der Waals surface area contributed by atoms with Crippen molar-refractivity contribution < 1.29 is 48.2 Å². The van der Waals surface area contributed by atoms with Crippen molar-refractivity contribution in [3.05, 3.63) is 41.0 Å². The van der Waals surface area contributed by atoms with E-state index in [0.717, 1.165) is 0 Å². The number of carbonyl (C=O) groups excluding carboxylic acids is 2. The number of cyclic esters (lactones) is 1. The summed E-state index contributed by atoms with van der Waals surface area (Å²) in [5.74, 6) is -0.879. The maximum Gasteiger partial charge on any atom is 0.407 e. The van der Waals surface area contributed by atoms with Gasteiger partial charge in [0.2, 0.25) is 12.5 Å². The van der Waals surface area contributed by atoms with Gasteiger partial charge in [-0.1, -0.05) is 0 Å². The first-order valence-corrected chi connectivity index (χ1v) is 12.3. The number of phenolic OH excluding ortho intramolecular Hbond substituents is 1. The van der Waals surface area contributed by atoms with Gasteiger partial charge in [-0.3, -0.25) is 4.79 Å². The molecule has 1 aliphatic carbocycles. The number of hydrogen-bond acceptors (Lipinski definition) is 11. The van der Waals surface area contributed by atoms with Crippen LogP contribution in [0.1, 0.15) is 28.7 Å². The van der Waals surface area contributed by atoms with E-state index in [9.17, 15) is 14.7 Å². The second-order valence-corrected chi connectivity index (χ2v) is 9.13. The number of aliphatic hydroxyl groups excluding tert-OH is 1. The summed E-state index contributed by atoms with van der Waals surface area (Å²) in [7, 11) is 2.86. The molecule has 2 heterocycles. The lowest BCUT2D eigenvalue weighted by Crippen LogP contribution is -2.39. The van der Waals surface area contributed by atoms with Crippen molar-refractivity contribution in [3.8, 4) is 28.7 Å². The largest absolute Gasteiger partial charge is 0.502 e. The van der Waals surface area contributed by atoms with Crippen LogP contribution in [0.15, 0.2) is 24.3 Å². The number of esters is 1. The molecule has 1 amide bonds. The zero-order valence-electron chi connectivity index (χ0n) is 21.0. The molecule has 1 fully saturated rings. The first kappa shape index (κ1) is 25.7. The molecular weight excluding hydrogens is 500 g/mol. The van der Waals surface area contributed by atoms with Crippen molar-refractivity contribution in [1.82, 2.24) is 10.6 Å². The molecule has 0 radical (unpaired) electrons. The van der Waals surface area contributed by atoms with E-state index >= 15 is 0 Å². The van der Waals surface area contributed by atoms with E-state index in [1.165, 1.54) is 14.2 Å². The molecule has 0 aromatic heterocycles. The van der Waals surface area contributed by atoms with Gasteiger partial charge >= 0.3 is 12.1 Å². The van der Waals surface area contributed by atoms with Gasteiger partial charge < -0.3 is 49.3 Å². The Balaban J connectivity index is 1.55. The summed E-state index contributed by atoms with van der Waals surface area (Å²) in [6, 6.07) is 6.89. The molecule has 3 aliphatic rings. The number of benzene rings is 2. The fraction of sp³-hybridized carbons (Fsp3) is 0.462. The van der Waals surface area contributed by atoms with Crippen molar-refractivity contribution in [2.24, 2.45) is 11.8 Å². The number of aromatic hydroxyl groups is 1. The topological polar surface area (TPSA) is 154 Å². The summed E-state index contributed by atoms with van der Waals surface area (Å²) in [5.41, 5.74) is 2.02. The number of carbonyl (C=O) groups is 2. The Morgan fingerprint density at radius 2 is 1.68 bits per heavy atom. The molecule has 4 N–H and O–H groups in total. The van der Waals surface area contributed by atoms with E-state index in [4.69, 9.17) is 33.5 Å². The second-order valence-electron chi connectivity index (χ2n) is 9.13. The summed E-state index contributed by atoms with van der Waals surface area (Å²) in [6.45, 7) is 1.27. The van der Waals surface area contributed by atoms with Gasteiger partial charge in [0.1, 0.15) is 6.10 Å². The Kier molecular flexibility index (Phi) is 7.34. The molecule has 12 nitrogen and oxygen atoms in total. The van der Waals surface area contributed by atoms with Crippen LogP contribution in [-0.4, -0.2) is 76.1 Å². The van der Waals surface area contributed by atoms with Gasteiger partial charge in [0.25, 0.3) is 0 Å². The van der Waals surface area contributed by atoms with Crippen molar-refractivity contribution in [3.63, 3.8) is 0 Å². The monoisotopic (exact) mass is 530 g/mol. The Hall–Kier alpha value is -3.90. The van der Waals surface area contributed by atoms with E-state index in [1.54, 1.807) is 24.3 Å². The number of methoxy groups -OCH3 is 2. The first-order valence-electron chi connectivity index (χ1n) is 12.3. The number of alkyl carbamates (subject to hydrolysis) is 1. The molecule has 12 heteroatoms.